The van der Waals surface area contributed by atoms with Crippen molar-refractivity contribution >= 4 is 11.6 Å². The minimum absolute atomic E-state index is 0.288. The first-order valence-corrected chi connectivity index (χ1v) is 7.15. The van der Waals surface area contributed by atoms with E-state index < -0.39 is 0 Å². The highest BCUT2D eigenvalue weighted by molar-refractivity contribution is 5.48. The van der Waals surface area contributed by atoms with Crippen LogP contribution in [0.2, 0.25) is 0 Å². The number of benzene rings is 1. The second kappa shape index (κ2) is 5.18. The summed E-state index contributed by atoms with van der Waals surface area (Å²) >= 11 is 0. The second-order valence-electron chi connectivity index (χ2n) is 5.00. The first-order valence-electron chi connectivity index (χ1n) is 7.15. The maximum Gasteiger partial charge on any atom is 0.254 e. The highest BCUT2D eigenvalue weighted by atomic mass is 16.7. The van der Waals surface area contributed by atoms with Gasteiger partial charge in [0.2, 0.25) is 6.79 Å². The van der Waals surface area contributed by atoms with Gasteiger partial charge in [0.25, 0.3) is 5.78 Å². The van der Waals surface area contributed by atoms with Crippen LogP contribution in [-0.4, -0.2) is 26.4 Å². The third-order valence-corrected chi connectivity index (χ3v) is 3.58. The lowest BCUT2D eigenvalue weighted by Crippen LogP contribution is -2.07. The molecular formula is C15H15N5O2. The van der Waals surface area contributed by atoms with Gasteiger partial charge in [-0.25, -0.2) is 4.98 Å². The van der Waals surface area contributed by atoms with Crippen molar-refractivity contribution in [1.29, 1.82) is 0 Å². The molecule has 3 heterocycles. The van der Waals surface area contributed by atoms with Gasteiger partial charge in [0.15, 0.2) is 11.5 Å². The molecule has 1 aliphatic heterocycles. The molecule has 3 aromatic rings. The molecule has 0 saturated heterocycles. The summed E-state index contributed by atoms with van der Waals surface area (Å²) in [7, 11) is 0. The second-order valence-corrected chi connectivity index (χ2v) is 5.00. The van der Waals surface area contributed by atoms with Crippen LogP contribution < -0.4 is 14.8 Å². The number of hydrogen-bond acceptors (Lipinski definition) is 6. The standard InChI is InChI=1S/C15H15N5O2/c1-2-11-6-14(20-15(19-11)17-8-18-20)16-7-10-3-4-12-13(5-10)22-9-21-12/h3-6,8,16H,2,7,9H2,1H3. The van der Waals surface area contributed by atoms with Crippen LogP contribution in [0.1, 0.15) is 18.2 Å². The van der Waals surface area contributed by atoms with Crippen LogP contribution in [0.5, 0.6) is 11.5 Å². The maximum atomic E-state index is 5.40. The molecule has 0 radical (unpaired) electrons. The summed E-state index contributed by atoms with van der Waals surface area (Å²) in [6, 6.07) is 7.92. The number of ether oxygens (including phenoxy) is 2. The summed E-state index contributed by atoms with van der Waals surface area (Å²) in [6.45, 7) is 3.01. The Hall–Kier alpha value is -2.83. The van der Waals surface area contributed by atoms with Crippen molar-refractivity contribution in [3.63, 3.8) is 0 Å². The van der Waals surface area contributed by atoms with Gasteiger partial charge < -0.3 is 14.8 Å². The van der Waals surface area contributed by atoms with Crippen molar-refractivity contribution in [1.82, 2.24) is 19.6 Å². The number of hydrogen-bond donors (Lipinski definition) is 1. The molecule has 1 N–H and O–H groups in total. The van der Waals surface area contributed by atoms with Crippen LogP contribution in [0.3, 0.4) is 0 Å². The van der Waals surface area contributed by atoms with E-state index in [4.69, 9.17) is 9.47 Å². The molecular weight excluding hydrogens is 282 g/mol. The average Bonchev–Trinajstić information content (AvgIpc) is 3.20. The van der Waals surface area contributed by atoms with E-state index in [-0.39, 0.29) is 6.79 Å². The topological polar surface area (TPSA) is 73.6 Å². The smallest absolute Gasteiger partial charge is 0.254 e. The summed E-state index contributed by atoms with van der Waals surface area (Å²) in [5.41, 5.74) is 2.08. The lowest BCUT2D eigenvalue weighted by atomic mass is 10.2. The van der Waals surface area contributed by atoms with Crippen molar-refractivity contribution in [2.75, 3.05) is 12.1 Å². The number of anilines is 1. The van der Waals surface area contributed by atoms with E-state index in [0.29, 0.717) is 12.3 Å². The summed E-state index contributed by atoms with van der Waals surface area (Å²) in [5.74, 6) is 3.05. The summed E-state index contributed by atoms with van der Waals surface area (Å²) < 4.78 is 12.4. The van der Waals surface area contributed by atoms with E-state index in [1.54, 1.807) is 4.52 Å². The largest absolute Gasteiger partial charge is 0.454 e. The Morgan fingerprint density at radius 2 is 2.14 bits per heavy atom. The fourth-order valence-electron chi connectivity index (χ4n) is 2.41. The van der Waals surface area contributed by atoms with E-state index in [2.05, 4.69) is 27.3 Å². The van der Waals surface area contributed by atoms with Crippen LogP contribution in [0.15, 0.2) is 30.6 Å². The van der Waals surface area contributed by atoms with Gasteiger partial charge in [-0.3, -0.25) is 0 Å². The van der Waals surface area contributed by atoms with Gasteiger partial charge in [-0.15, -0.1) is 0 Å². The molecule has 112 valence electrons. The Labute approximate surface area is 126 Å². The van der Waals surface area contributed by atoms with Crippen LogP contribution in [0, 0.1) is 0 Å². The number of fused-ring (bicyclic) bond motifs is 2. The molecule has 22 heavy (non-hydrogen) atoms. The molecule has 0 amide bonds. The molecule has 0 atom stereocenters. The van der Waals surface area contributed by atoms with Crippen LogP contribution >= 0.6 is 0 Å². The van der Waals surface area contributed by atoms with Gasteiger partial charge in [-0.05, 0) is 24.1 Å². The fraction of sp³-hybridized carbons (Fsp3) is 0.267. The molecule has 7 heteroatoms. The molecule has 0 saturated carbocycles. The lowest BCUT2D eigenvalue weighted by molar-refractivity contribution is 0.174. The first-order chi connectivity index (χ1) is 10.8. The van der Waals surface area contributed by atoms with Crippen molar-refractivity contribution in [3.8, 4) is 11.5 Å². The van der Waals surface area contributed by atoms with Crippen LogP contribution in [-0.2, 0) is 13.0 Å². The van der Waals surface area contributed by atoms with Crippen LogP contribution in [0.4, 0.5) is 5.82 Å². The quantitative estimate of drug-likeness (QED) is 0.794. The zero-order chi connectivity index (χ0) is 14.9. The van der Waals surface area contributed by atoms with Crippen molar-refractivity contribution in [3.05, 3.63) is 41.9 Å². The third-order valence-electron chi connectivity index (χ3n) is 3.58. The Morgan fingerprint density at radius 3 is 3.05 bits per heavy atom. The SMILES string of the molecule is CCc1cc(NCc2ccc3c(c2)OCO3)n2ncnc2n1. The van der Waals surface area contributed by atoms with Gasteiger partial charge in [0.05, 0.1) is 0 Å². The van der Waals surface area contributed by atoms with Gasteiger partial charge in [0.1, 0.15) is 12.1 Å². The number of aromatic nitrogens is 4. The predicted molar refractivity (Wildman–Crippen MR) is 80.1 cm³/mol. The van der Waals surface area contributed by atoms with E-state index in [0.717, 1.165) is 35.0 Å². The number of aryl methyl sites for hydroxylation is 1. The summed E-state index contributed by atoms with van der Waals surface area (Å²) in [5, 5.41) is 7.58. The molecule has 0 unspecified atom stereocenters. The zero-order valence-corrected chi connectivity index (χ0v) is 12.1. The number of nitrogens with zero attached hydrogens (tertiary/aromatic N) is 4. The normalized spacial score (nSPS) is 12.8. The minimum atomic E-state index is 0.288. The minimum Gasteiger partial charge on any atom is -0.454 e. The Morgan fingerprint density at radius 1 is 1.23 bits per heavy atom. The van der Waals surface area contributed by atoms with E-state index in [9.17, 15) is 0 Å². The molecule has 4 rings (SSSR count). The van der Waals surface area contributed by atoms with E-state index in [1.807, 2.05) is 24.3 Å². The molecule has 1 aromatic carbocycles. The molecule has 0 fully saturated rings. The third kappa shape index (κ3) is 2.20. The summed E-state index contributed by atoms with van der Waals surface area (Å²) in [4.78, 5) is 8.58. The predicted octanol–water partition coefficient (Wildman–Crippen LogP) is 2.03. The van der Waals surface area contributed by atoms with Crippen LogP contribution in [0.25, 0.3) is 5.78 Å². The van der Waals surface area contributed by atoms with E-state index in [1.165, 1.54) is 6.33 Å². The zero-order valence-electron chi connectivity index (χ0n) is 12.1. The fourth-order valence-corrected chi connectivity index (χ4v) is 2.41. The van der Waals surface area contributed by atoms with Gasteiger partial charge >= 0.3 is 0 Å². The van der Waals surface area contributed by atoms with Gasteiger partial charge in [-0.2, -0.15) is 14.6 Å². The molecule has 0 aliphatic carbocycles. The van der Waals surface area contributed by atoms with Crippen molar-refractivity contribution < 1.29 is 9.47 Å². The summed E-state index contributed by atoms with van der Waals surface area (Å²) in [6.07, 6.45) is 2.36. The van der Waals surface area contributed by atoms with Gasteiger partial charge in [0, 0.05) is 18.3 Å². The number of rotatable bonds is 4. The van der Waals surface area contributed by atoms with Gasteiger partial charge in [-0.1, -0.05) is 13.0 Å². The first kappa shape index (κ1) is 12.9. The van der Waals surface area contributed by atoms with Crippen molar-refractivity contribution in [2.24, 2.45) is 0 Å². The molecule has 0 spiro atoms. The average molecular weight is 297 g/mol. The Kier molecular flexibility index (Phi) is 3.03. The van der Waals surface area contributed by atoms with Crippen molar-refractivity contribution in [2.45, 2.75) is 19.9 Å². The molecule has 0 bridgehead atoms. The Balaban J connectivity index is 1.60. The number of nitrogens with one attached hydrogen (secondary N) is 1. The molecule has 7 nitrogen and oxygen atoms in total. The molecule has 2 aromatic heterocycles. The highest BCUT2D eigenvalue weighted by Gasteiger charge is 2.13. The van der Waals surface area contributed by atoms with E-state index >= 15 is 0 Å². The lowest BCUT2D eigenvalue weighted by Gasteiger charge is -2.09. The molecule has 1 aliphatic rings. The maximum absolute atomic E-state index is 5.40. The monoisotopic (exact) mass is 297 g/mol. The highest BCUT2D eigenvalue weighted by Crippen LogP contribution is 2.32. The Bertz CT molecular complexity index is 830.